The zero-order valence-corrected chi connectivity index (χ0v) is 11.1. The van der Waals surface area contributed by atoms with Gasteiger partial charge in [-0.1, -0.05) is 0 Å². The van der Waals surface area contributed by atoms with Gasteiger partial charge in [0.1, 0.15) is 15.8 Å². The number of hydrogen-bond acceptors (Lipinski definition) is 5. The molecule has 0 aromatic rings. The van der Waals surface area contributed by atoms with E-state index in [-0.39, 0.29) is 31.3 Å². The smallest absolute Gasteiger partial charge is 0.311 e. The van der Waals surface area contributed by atoms with Gasteiger partial charge in [0, 0.05) is 19.7 Å². The molecule has 0 aliphatic carbocycles. The molecule has 0 bridgehead atoms. The van der Waals surface area contributed by atoms with E-state index in [9.17, 15) is 18.0 Å². The number of nitrogens with zero attached hydrogens (tertiary/aromatic N) is 1. The first-order chi connectivity index (χ1) is 8.22. The maximum atomic E-state index is 11.8. The van der Waals surface area contributed by atoms with Crippen molar-refractivity contribution >= 4 is 21.7 Å². The molecule has 2 atom stereocenters. The lowest BCUT2D eigenvalue weighted by Gasteiger charge is -2.26. The topological polar surface area (TPSA) is 101 Å². The van der Waals surface area contributed by atoms with Crippen molar-refractivity contribution in [1.29, 1.82) is 0 Å². The largest absolute Gasteiger partial charge is 0.481 e. The lowest BCUT2D eigenvalue weighted by atomic mass is 10.0. The van der Waals surface area contributed by atoms with E-state index in [1.54, 1.807) is 0 Å². The summed E-state index contributed by atoms with van der Waals surface area (Å²) in [6.07, 6.45) is 0.914. The van der Waals surface area contributed by atoms with Gasteiger partial charge in [-0.05, 0) is 0 Å². The summed E-state index contributed by atoms with van der Waals surface area (Å²) in [6, 6.07) is -0.533. The van der Waals surface area contributed by atoms with Crippen LogP contribution in [0, 0.1) is 5.92 Å². The van der Waals surface area contributed by atoms with Crippen molar-refractivity contribution < 1.29 is 27.9 Å². The molecular formula is C10H17NO6S. The third-order valence-corrected chi connectivity index (χ3v) is 3.89. The number of rotatable bonds is 5. The summed E-state index contributed by atoms with van der Waals surface area (Å²) in [6.45, 7) is 0.238. The highest BCUT2D eigenvalue weighted by Gasteiger charge is 2.38. The second-order valence-electron chi connectivity index (χ2n) is 4.43. The quantitative estimate of drug-likeness (QED) is 0.691. The molecule has 1 aliphatic rings. The summed E-state index contributed by atoms with van der Waals surface area (Å²) >= 11 is 0. The molecule has 8 heteroatoms. The second kappa shape index (κ2) is 5.66. The first-order valence-electron chi connectivity index (χ1n) is 5.46. The van der Waals surface area contributed by atoms with Crippen molar-refractivity contribution in [2.45, 2.75) is 12.5 Å². The minimum Gasteiger partial charge on any atom is -0.481 e. The molecule has 0 aromatic carbocycles. The van der Waals surface area contributed by atoms with Crippen molar-refractivity contribution in [2.75, 3.05) is 32.3 Å². The van der Waals surface area contributed by atoms with Crippen LogP contribution in [0.3, 0.4) is 0 Å². The average Bonchev–Trinajstić information content (AvgIpc) is 2.72. The van der Waals surface area contributed by atoms with Crippen LogP contribution in [0.4, 0.5) is 0 Å². The van der Waals surface area contributed by atoms with Gasteiger partial charge < -0.3 is 14.7 Å². The molecule has 2 unspecified atom stereocenters. The van der Waals surface area contributed by atoms with Gasteiger partial charge in [-0.25, -0.2) is 8.42 Å². The summed E-state index contributed by atoms with van der Waals surface area (Å²) in [5, 5.41) is 8.96. The van der Waals surface area contributed by atoms with Crippen LogP contribution in [-0.2, 0) is 24.2 Å². The minimum absolute atomic E-state index is 0.0731. The summed E-state index contributed by atoms with van der Waals surface area (Å²) in [4.78, 5) is 24.0. The molecule has 1 heterocycles. The van der Waals surface area contributed by atoms with Gasteiger partial charge in [-0.2, -0.15) is 0 Å². The Kier molecular flexibility index (Phi) is 4.69. The summed E-state index contributed by atoms with van der Waals surface area (Å²) < 4.78 is 27.0. The number of carboxylic acids is 1. The maximum absolute atomic E-state index is 11.8. The van der Waals surface area contributed by atoms with Gasteiger partial charge >= 0.3 is 5.97 Å². The normalized spacial score (nSPS) is 23.9. The standard InChI is InChI=1S/C10H17NO6S/c1-11(9(12)3-4-18(2,15)16)8-6-17-5-7(8)10(13)14/h7-8H,3-6H2,1-2H3,(H,13,14). The van der Waals surface area contributed by atoms with Crippen LogP contribution in [0.15, 0.2) is 0 Å². The highest BCUT2D eigenvalue weighted by atomic mass is 32.2. The number of sulfone groups is 1. The Labute approximate surface area is 106 Å². The Morgan fingerprint density at radius 1 is 1.39 bits per heavy atom. The Balaban J connectivity index is 2.60. The predicted octanol–water partition coefficient (Wildman–Crippen LogP) is -1.02. The van der Waals surface area contributed by atoms with Crippen LogP contribution >= 0.6 is 0 Å². The van der Waals surface area contributed by atoms with Crippen molar-refractivity contribution in [1.82, 2.24) is 4.90 Å². The van der Waals surface area contributed by atoms with Gasteiger partial charge in [0.05, 0.1) is 25.0 Å². The zero-order chi connectivity index (χ0) is 13.9. The van der Waals surface area contributed by atoms with Gasteiger partial charge in [-0.3, -0.25) is 9.59 Å². The summed E-state index contributed by atoms with van der Waals surface area (Å²) in [7, 11) is -1.73. The number of carboxylic acid groups (broad SMARTS) is 1. The Bertz CT molecular complexity index is 432. The van der Waals surface area contributed by atoms with Crippen molar-refractivity contribution in [3.8, 4) is 0 Å². The third-order valence-electron chi connectivity index (χ3n) is 2.95. The Morgan fingerprint density at radius 2 is 2.00 bits per heavy atom. The fourth-order valence-corrected chi connectivity index (χ4v) is 2.34. The van der Waals surface area contributed by atoms with E-state index in [1.807, 2.05) is 0 Å². The molecule has 1 saturated heterocycles. The molecule has 0 saturated carbocycles. The van der Waals surface area contributed by atoms with Crippen LogP contribution in [0.5, 0.6) is 0 Å². The number of hydrogen-bond donors (Lipinski definition) is 1. The average molecular weight is 279 g/mol. The summed E-state index contributed by atoms with van der Waals surface area (Å²) in [5.41, 5.74) is 0. The molecule has 1 amide bonds. The highest BCUT2D eigenvalue weighted by Crippen LogP contribution is 2.19. The van der Waals surface area contributed by atoms with Crippen molar-refractivity contribution in [3.05, 3.63) is 0 Å². The van der Waals surface area contributed by atoms with E-state index in [0.29, 0.717) is 0 Å². The first-order valence-corrected chi connectivity index (χ1v) is 7.52. The monoisotopic (exact) mass is 279 g/mol. The number of amides is 1. The van der Waals surface area contributed by atoms with Crippen molar-refractivity contribution in [3.63, 3.8) is 0 Å². The molecule has 104 valence electrons. The van der Waals surface area contributed by atoms with Crippen LogP contribution in [0.1, 0.15) is 6.42 Å². The third kappa shape index (κ3) is 3.95. The zero-order valence-electron chi connectivity index (χ0n) is 10.3. The SMILES string of the molecule is CN(C(=O)CCS(C)(=O)=O)C1COCC1C(=O)O. The number of carbonyl (C=O) groups excluding carboxylic acids is 1. The van der Waals surface area contributed by atoms with E-state index in [2.05, 4.69) is 0 Å². The number of carbonyl (C=O) groups is 2. The minimum atomic E-state index is -3.20. The number of aliphatic carboxylic acids is 1. The fraction of sp³-hybridized carbons (Fsp3) is 0.800. The van der Waals surface area contributed by atoms with E-state index in [0.717, 1.165) is 6.26 Å². The molecule has 1 fully saturated rings. The van der Waals surface area contributed by atoms with Gasteiger partial charge in [0.2, 0.25) is 5.91 Å². The van der Waals surface area contributed by atoms with E-state index < -0.39 is 27.8 Å². The molecule has 1 rings (SSSR count). The van der Waals surface area contributed by atoms with Gasteiger partial charge in [0.15, 0.2) is 0 Å². The van der Waals surface area contributed by atoms with E-state index in [1.165, 1.54) is 11.9 Å². The summed E-state index contributed by atoms with van der Waals surface area (Å²) in [5.74, 6) is -2.39. The lowest BCUT2D eigenvalue weighted by molar-refractivity contribution is -0.144. The van der Waals surface area contributed by atoms with Gasteiger partial charge in [0.25, 0.3) is 0 Å². The van der Waals surface area contributed by atoms with E-state index in [4.69, 9.17) is 9.84 Å². The van der Waals surface area contributed by atoms with Crippen LogP contribution in [0.2, 0.25) is 0 Å². The molecule has 0 radical (unpaired) electrons. The second-order valence-corrected chi connectivity index (χ2v) is 6.69. The van der Waals surface area contributed by atoms with Gasteiger partial charge in [-0.15, -0.1) is 0 Å². The molecule has 7 nitrogen and oxygen atoms in total. The lowest BCUT2D eigenvalue weighted by Crippen LogP contribution is -2.44. The van der Waals surface area contributed by atoms with Crippen LogP contribution in [0.25, 0.3) is 0 Å². The predicted molar refractivity (Wildman–Crippen MR) is 62.8 cm³/mol. The maximum Gasteiger partial charge on any atom is 0.311 e. The van der Waals surface area contributed by atoms with E-state index >= 15 is 0 Å². The van der Waals surface area contributed by atoms with Crippen LogP contribution < -0.4 is 0 Å². The molecule has 1 N–H and O–H groups in total. The molecule has 18 heavy (non-hydrogen) atoms. The van der Waals surface area contributed by atoms with Crippen molar-refractivity contribution in [2.24, 2.45) is 5.92 Å². The van der Waals surface area contributed by atoms with Crippen LogP contribution in [-0.4, -0.2) is 68.6 Å². The highest BCUT2D eigenvalue weighted by molar-refractivity contribution is 7.90. The molecule has 1 aliphatic heterocycles. The molecule has 0 spiro atoms. The first kappa shape index (κ1) is 14.9. The Morgan fingerprint density at radius 3 is 2.50 bits per heavy atom. The molecule has 0 aromatic heterocycles. The number of likely N-dealkylation sites (N-methyl/N-ethyl adjacent to an activating group) is 1. The fourth-order valence-electron chi connectivity index (χ4n) is 1.79. The molecular weight excluding hydrogens is 262 g/mol. The number of ether oxygens (including phenoxy) is 1. The Hall–Kier alpha value is -1.15.